The number of fused-ring (bicyclic) bond motifs is 1. The summed E-state index contributed by atoms with van der Waals surface area (Å²) in [6.45, 7) is 0. The van der Waals surface area contributed by atoms with Crippen molar-refractivity contribution in [3.05, 3.63) is 66.9 Å². The van der Waals surface area contributed by atoms with E-state index in [4.69, 9.17) is 4.74 Å². The number of nitrogens with zero attached hydrogens (tertiary/aromatic N) is 1. The van der Waals surface area contributed by atoms with E-state index >= 15 is 0 Å². The number of ether oxygens (including phenoxy) is 1. The second kappa shape index (κ2) is 7.66. The van der Waals surface area contributed by atoms with E-state index in [0.717, 1.165) is 36.5 Å². The maximum Gasteiger partial charge on any atom is 0.241 e. The molecule has 27 heavy (non-hydrogen) atoms. The molecule has 1 aromatic heterocycles. The number of sulfonamides is 1. The first-order valence-corrected chi connectivity index (χ1v) is 10.7. The van der Waals surface area contributed by atoms with E-state index in [0.29, 0.717) is 10.8 Å². The van der Waals surface area contributed by atoms with Crippen molar-refractivity contribution in [1.29, 1.82) is 0 Å². The molecule has 5 nitrogen and oxygen atoms in total. The molecule has 0 amide bonds. The van der Waals surface area contributed by atoms with Crippen molar-refractivity contribution < 1.29 is 13.2 Å². The van der Waals surface area contributed by atoms with E-state index in [1.54, 1.807) is 18.3 Å². The van der Waals surface area contributed by atoms with E-state index in [9.17, 15) is 8.42 Å². The number of pyridine rings is 1. The maximum absolute atomic E-state index is 12.9. The molecule has 0 unspecified atom stereocenters. The predicted octanol–water partition coefficient (Wildman–Crippen LogP) is 3.90. The van der Waals surface area contributed by atoms with Crippen molar-refractivity contribution in [1.82, 2.24) is 9.71 Å². The molecule has 4 rings (SSSR count). The van der Waals surface area contributed by atoms with E-state index < -0.39 is 10.0 Å². The standard InChI is InChI=1S/C21H22N2O3S/c24-27(25,20-9-5-7-16-6-1-2-8-19(16)20)23-17-11-13-18(14-12-17)26-21-10-3-4-15-22-21/h1-10,15,17-18,23H,11-14H2. The molecule has 1 heterocycles. The average Bonchev–Trinajstić information content (AvgIpc) is 2.70. The van der Waals surface area contributed by atoms with Gasteiger partial charge in [0.1, 0.15) is 6.10 Å². The lowest BCUT2D eigenvalue weighted by molar-refractivity contribution is 0.138. The van der Waals surface area contributed by atoms with Gasteiger partial charge in [0.15, 0.2) is 0 Å². The van der Waals surface area contributed by atoms with Crippen LogP contribution in [0.1, 0.15) is 25.7 Å². The zero-order valence-electron chi connectivity index (χ0n) is 14.9. The summed E-state index contributed by atoms with van der Waals surface area (Å²) in [7, 11) is -3.57. The van der Waals surface area contributed by atoms with Gasteiger partial charge in [-0.25, -0.2) is 18.1 Å². The van der Waals surface area contributed by atoms with Gasteiger partial charge in [-0.2, -0.15) is 0 Å². The summed E-state index contributed by atoms with van der Waals surface area (Å²) in [5, 5.41) is 1.67. The summed E-state index contributed by atoms with van der Waals surface area (Å²) in [4.78, 5) is 4.53. The fourth-order valence-corrected chi connectivity index (χ4v) is 5.13. The molecule has 6 heteroatoms. The van der Waals surface area contributed by atoms with Crippen molar-refractivity contribution in [3.8, 4) is 5.88 Å². The zero-order chi connectivity index (χ0) is 18.7. The summed E-state index contributed by atoms with van der Waals surface area (Å²) >= 11 is 0. The number of hydrogen-bond donors (Lipinski definition) is 1. The Kier molecular flexibility index (Phi) is 5.09. The Bertz CT molecular complexity index is 1010. The third kappa shape index (κ3) is 4.12. The first-order valence-electron chi connectivity index (χ1n) is 9.19. The predicted molar refractivity (Wildman–Crippen MR) is 105 cm³/mol. The molecule has 0 radical (unpaired) electrons. The molecule has 1 aliphatic rings. The van der Waals surface area contributed by atoms with Crippen molar-refractivity contribution in [2.75, 3.05) is 0 Å². The lowest BCUT2D eigenvalue weighted by Crippen LogP contribution is -2.39. The fourth-order valence-electron chi connectivity index (χ4n) is 3.60. The molecule has 140 valence electrons. The van der Waals surface area contributed by atoms with Crippen LogP contribution in [0.4, 0.5) is 0 Å². The average molecular weight is 382 g/mol. The molecule has 0 atom stereocenters. The zero-order valence-corrected chi connectivity index (χ0v) is 15.7. The lowest BCUT2D eigenvalue weighted by atomic mass is 9.94. The van der Waals surface area contributed by atoms with Crippen LogP contribution in [0, 0.1) is 0 Å². The van der Waals surface area contributed by atoms with Gasteiger partial charge in [-0.1, -0.05) is 42.5 Å². The van der Waals surface area contributed by atoms with Crippen LogP contribution < -0.4 is 9.46 Å². The second-order valence-corrected chi connectivity index (χ2v) is 8.54. The van der Waals surface area contributed by atoms with Gasteiger partial charge in [0.05, 0.1) is 4.90 Å². The summed E-state index contributed by atoms with van der Waals surface area (Å²) in [6, 6.07) is 18.4. The highest BCUT2D eigenvalue weighted by atomic mass is 32.2. The van der Waals surface area contributed by atoms with Gasteiger partial charge in [-0.05, 0) is 43.2 Å². The van der Waals surface area contributed by atoms with Crippen LogP contribution in [-0.4, -0.2) is 25.5 Å². The number of benzene rings is 2. The maximum atomic E-state index is 12.9. The quantitative estimate of drug-likeness (QED) is 0.727. The third-order valence-corrected chi connectivity index (χ3v) is 6.54. The summed E-state index contributed by atoms with van der Waals surface area (Å²) in [5.74, 6) is 0.622. The minimum Gasteiger partial charge on any atom is -0.474 e. The molecule has 0 spiro atoms. The third-order valence-electron chi connectivity index (χ3n) is 4.96. The molecule has 1 aliphatic carbocycles. The largest absolute Gasteiger partial charge is 0.474 e. The van der Waals surface area contributed by atoms with E-state index in [-0.39, 0.29) is 12.1 Å². The number of hydrogen-bond acceptors (Lipinski definition) is 4. The smallest absolute Gasteiger partial charge is 0.241 e. The Morgan fingerprint density at radius 3 is 2.41 bits per heavy atom. The van der Waals surface area contributed by atoms with Crippen molar-refractivity contribution in [2.24, 2.45) is 0 Å². The van der Waals surface area contributed by atoms with Gasteiger partial charge < -0.3 is 4.74 Å². The van der Waals surface area contributed by atoms with E-state index in [1.807, 2.05) is 48.5 Å². The van der Waals surface area contributed by atoms with Gasteiger partial charge in [-0.15, -0.1) is 0 Å². The Hall–Kier alpha value is -2.44. The van der Waals surface area contributed by atoms with Crippen molar-refractivity contribution in [3.63, 3.8) is 0 Å². The second-order valence-electron chi connectivity index (χ2n) is 6.86. The van der Waals surface area contributed by atoms with Crippen LogP contribution >= 0.6 is 0 Å². The molecule has 0 saturated heterocycles. The van der Waals surface area contributed by atoms with E-state index in [1.165, 1.54) is 0 Å². The highest BCUT2D eigenvalue weighted by Crippen LogP contribution is 2.26. The molecular formula is C21H22N2O3S. The fraction of sp³-hybridized carbons (Fsp3) is 0.286. The molecule has 2 aromatic carbocycles. The van der Waals surface area contributed by atoms with Crippen LogP contribution in [0.2, 0.25) is 0 Å². The SMILES string of the molecule is O=S(=O)(NC1CCC(Oc2ccccn2)CC1)c1cccc2ccccc12. The molecule has 1 saturated carbocycles. The Labute approximate surface area is 159 Å². The van der Waals surface area contributed by atoms with Crippen LogP contribution in [0.15, 0.2) is 71.8 Å². The summed E-state index contributed by atoms with van der Waals surface area (Å²) in [5.41, 5.74) is 0. The Morgan fingerprint density at radius 2 is 1.63 bits per heavy atom. The molecule has 1 N–H and O–H groups in total. The monoisotopic (exact) mass is 382 g/mol. The molecule has 1 fully saturated rings. The van der Waals surface area contributed by atoms with Crippen molar-refractivity contribution >= 4 is 20.8 Å². The Morgan fingerprint density at radius 1 is 0.889 bits per heavy atom. The molecular weight excluding hydrogens is 360 g/mol. The summed E-state index contributed by atoms with van der Waals surface area (Å²) < 4.78 is 34.6. The highest BCUT2D eigenvalue weighted by Gasteiger charge is 2.27. The number of aromatic nitrogens is 1. The first kappa shape index (κ1) is 17.9. The van der Waals surface area contributed by atoms with Crippen LogP contribution in [0.3, 0.4) is 0 Å². The van der Waals surface area contributed by atoms with Crippen LogP contribution in [0.5, 0.6) is 5.88 Å². The van der Waals surface area contributed by atoms with Gasteiger partial charge in [0.2, 0.25) is 15.9 Å². The van der Waals surface area contributed by atoms with Crippen molar-refractivity contribution in [2.45, 2.75) is 42.7 Å². The van der Waals surface area contributed by atoms with Gasteiger partial charge >= 0.3 is 0 Å². The Balaban J connectivity index is 1.42. The lowest BCUT2D eigenvalue weighted by Gasteiger charge is -2.29. The number of nitrogens with one attached hydrogen (secondary N) is 1. The summed E-state index contributed by atoms with van der Waals surface area (Å²) in [6.07, 6.45) is 4.90. The van der Waals surface area contributed by atoms with Crippen LogP contribution in [0.25, 0.3) is 10.8 Å². The topological polar surface area (TPSA) is 68.3 Å². The first-order chi connectivity index (χ1) is 13.1. The van der Waals surface area contributed by atoms with Gasteiger partial charge in [0, 0.05) is 23.7 Å². The van der Waals surface area contributed by atoms with E-state index in [2.05, 4.69) is 9.71 Å². The molecule has 0 bridgehead atoms. The highest BCUT2D eigenvalue weighted by molar-refractivity contribution is 7.89. The van der Waals surface area contributed by atoms with Gasteiger partial charge in [0.25, 0.3) is 0 Å². The molecule has 0 aliphatic heterocycles. The minimum absolute atomic E-state index is 0.0717. The number of rotatable bonds is 5. The minimum atomic E-state index is -3.57. The normalized spacial score (nSPS) is 20.4. The molecule has 3 aromatic rings. The van der Waals surface area contributed by atoms with Gasteiger partial charge in [-0.3, -0.25) is 0 Å². The van der Waals surface area contributed by atoms with Crippen LogP contribution in [-0.2, 0) is 10.0 Å².